The molecule has 0 unspecified atom stereocenters. The summed E-state index contributed by atoms with van der Waals surface area (Å²) in [7, 11) is 1.80. The summed E-state index contributed by atoms with van der Waals surface area (Å²) in [6.07, 6.45) is 3.32. The van der Waals surface area contributed by atoms with Crippen LogP contribution in [-0.4, -0.2) is 51.5 Å². The van der Waals surface area contributed by atoms with Gasteiger partial charge in [0, 0.05) is 19.3 Å². The highest BCUT2D eigenvalue weighted by molar-refractivity contribution is 6.07. The van der Waals surface area contributed by atoms with Gasteiger partial charge in [0.25, 0.3) is 5.91 Å². The van der Waals surface area contributed by atoms with Crippen LogP contribution < -0.4 is 5.32 Å². The predicted molar refractivity (Wildman–Crippen MR) is 109 cm³/mol. The van der Waals surface area contributed by atoms with E-state index in [1.807, 2.05) is 20.8 Å². The average molecular weight is 402 g/mol. The highest BCUT2D eigenvalue weighted by Gasteiger charge is 2.48. The summed E-state index contributed by atoms with van der Waals surface area (Å²) < 4.78 is 13.0. The fraction of sp³-hybridized carbons (Fsp3) is 0.619. The van der Waals surface area contributed by atoms with Crippen LogP contribution in [-0.2, 0) is 21.3 Å². The molecule has 1 saturated carbocycles. The molecule has 2 aromatic rings. The molecule has 2 heterocycles. The molecule has 0 bridgehead atoms. The Hall–Kier alpha value is -2.48. The first kappa shape index (κ1) is 21.2. The number of rotatable bonds is 7. The van der Waals surface area contributed by atoms with Crippen molar-refractivity contribution in [1.29, 1.82) is 0 Å². The number of hydrogen-bond donors (Lipinski definition) is 1. The molecule has 1 atom stereocenters. The Kier molecular flexibility index (Phi) is 6.21. The van der Waals surface area contributed by atoms with Gasteiger partial charge in [-0.2, -0.15) is 5.10 Å². The number of carbonyl (C=O) groups is 2. The highest BCUT2D eigenvalue weighted by Crippen LogP contribution is 2.37. The standard InChI is InChI=1S/C21H30N4O4/c1-6-28-20(27)17(21(29-7-2)10-8-9-11-21)23-19(26)15-12-13(3)22-18-16(15)14(4)24-25(18)5/h12,17H,6-11H2,1-5H3,(H,23,26)/t17-/m1/s1. The molecule has 29 heavy (non-hydrogen) atoms. The van der Waals surface area contributed by atoms with Gasteiger partial charge in [0.2, 0.25) is 0 Å². The van der Waals surface area contributed by atoms with Crippen molar-refractivity contribution in [3.05, 3.63) is 23.0 Å². The summed E-state index contributed by atoms with van der Waals surface area (Å²) in [6.45, 7) is 8.05. The average Bonchev–Trinajstić information content (AvgIpc) is 3.25. The van der Waals surface area contributed by atoms with Crippen molar-refractivity contribution < 1.29 is 19.1 Å². The maximum atomic E-state index is 13.4. The largest absolute Gasteiger partial charge is 0.464 e. The summed E-state index contributed by atoms with van der Waals surface area (Å²) in [5.74, 6) is -0.804. The fourth-order valence-corrected chi connectivity index (χ4v) is 4.37. The second-order valence-corrected chi connectivity index (χ2v) is 7.58. The van der Waals surface area contributed by atoms with E-state index in [0.717, 1.165) is 12.8 Å². The molecular weight excluding hydrogens is 372 g/mol. The Morgan fingerprint density at radius 3 is 2.55 bits per heavy atom. The summed E-state index contributed by atoms with van der Waals surface area (Å²) in [6, 6.07) is 0.870. The Labute approximate surface area is 171 Å². The molecule has 8 heteroatoms. The fourth-order valence-electron chi connectivity index (χ4n) is 4.37. The van der Waals surface area contributed by atoms with Crippen LogP contribution >= 0.6 is 0 Å². The number of hydrogen-bond acceptors (Lipinski definition) is 6. The third-order valence-corrected chi connectivity index (χ3v) is 5.55. The van der Waals surface area contributed by atoms with Gasteiger partial charge >= 0.3 is 5.97 Å². The Morgan fingerprint density at radius 2 is 1.93 bits per heavy atom. The maximum absolute atomic E-state index is 13.4. The predicted octanol–water partition coefficient (Wildman–Crippen LogP) is 2.60. The van der Waals surface area contributed by atoms with E-state index in [2.05, 4.69) is 15.4 Å². The number of nitrogens with zero attached hydrogens (tertiary/aromatic N) is 3. The lowest BCUT2D eigenvalue weighted by Crippen LogP contribution is -2.57. The lowest BCUT2D eigenvalue weighted by atomic mass is 9.91. The van der Waals surface area contributed by atoms with Crippen molar-refractivity contribution in [2.75, 3.05) is 13.2 Å². The van der Waals surface area contributed by atoms with E-state index in [4.69, 9.17) is 9.47 Å². The molecule has 0 spiro atoms. The van der Waals surface area contributed by atoms with Gasteiger partial charge in [-0.1, -0.05) is 12.8 Å². The molecule has 0 aliphatic heterocycles. The lowest BCUT2D eigenvalue weighted by Gasteiger charge is -2.36. The summed E-state index contributed by atoms with van der Waals surface area (Å²) in [5.41, 5.74) is 1.78. The third kappa shape index (κ3) is 3.99. The number of ether oxygens (including phenoxy) is 2. The van der Waals surface area contributed by atoms with E-state index >= 15 is 0 Å². The van der Waals surface area contributed by atoms with Gasteiger partial charge in [0.05, 0.1) is 28.9 Å². The van der Waals surface area contributed by atoms with Gasteiger partial charge in [-0.25, -0.2) is 9.78 Å². The van der Waals surface area contributed by atoms with Crippen molar-refractivity contribution in [3.8, 4) is 0 Å². The normalized spacial score (nSPS) is 16.7. The minimum absolute atomic E-state index is 0.244. The van der Waals surface area contributed by atoms with Crippen LogP contribution in [0.5, 0.6) is 0 Å². The zero-order valence-corrected chi connectivity index (χ0v) is 17.9. The quantitative estimate of drug-likeness (QED) is 0.715. The number of nitrogens with one attached hydrogen (secondary N) is 1. The molecule has 8 nitrogen and oxygen atoms in total. The molecule has 3 rings (SSSR count). The lowest BCUT2D eigenvalue weighted by molar-refractivity contribution is -0.156. The summed E-state index contributed by atoms with van der Waals surface area (Å²) in [5, 5.41) is 8.02. The number of aromatic nitrogens is 3. The molecule has 158 valence electrons. The molecule has 2 aromatic heterocycles. The van der Waals surface area contributed by atoms with E-state index in [-0.39, 0.29) is 12.5 Å². The van der Waals surface area contributed by atoms with Crippen molar-refractivity contribution in [2.45, 2.75) is 65.0 Å². The second-order valence-electron chi connectivity index (χ2n) is 7.58. The molecule has 0 radical (unpaired) electrons. The molecule has 0 saturated heterocycles. The van der Waals surface area contributed by atoms with Gasteiger partial charge in [0.15, 0.2) is 11.7 Å². The topological polar surface area (TPSA) is 95.3 Å². The first-order chi connectivity index (χ1) is 13.8. The van der Waals surface area contributed by atoms with Crippen LogP contribution in [0.25, 0.3) is 11.0 Å². The van der Waals surface area contributed by atoms with Crippen LogP contribution in [0.4, 0.5) is 0 Å². The maximum Gasteiger partial charge on any atom is 0.331 e. The molecule has 0 aromatic carbocycles. The van der Waals surface area contributed by atoms with E-state index in [9.17, 15) is 9.59 Å². The summed E-state index contributed by atoms with van der Waals surface area (Å²) >= 11 is 0. The van der Waals surface area contributed by atoms with Crippen LogP contribution in [0.15, 0.2) is 6.07 Å². The van der Waals surface area contributed by atoms with Gasteiger partial charge in [-0.3, -0.25) is 9.48 Å². The van der Waals surface area contributed by atoms with Gasteiger partial charge in [0.1, 0.15) is 0 Å². The second kappa shape index (κ2) is 8.49. The molecule has 1 aliphatic rings. The number of pyridine rings is 1. The number of aryl methyl sites for hydroxylation is 3. The Bertz CT molecular complexity index is 915. The van der Waals surface area contributed by atoms with Gasteiger partial charge in [-0.15, -0.1) is 0 Å². The number of amides is 1. The number of fused-ring (bicyclic) bond motifs is 1. The van der Waals surface area contributed by atoms with E-state index < -0.39 is 17.6 Å². The van der Waals surface area contributed by atoms with Crippen LogP contribution in [0.1, 0.15) is 61.3 Å². The van der Waals surface area contributed by atoms with Crippen molar-refractivity contribution >= 4 is 22.9 Å². The van der Waals surface area contributed by atoms with Crippen molar-refractivity contribution in [1.82, 2.24) is 20.1 Å². The smallest absolute Gasteiger partial charge is 0.331 e. The number of carbonyl (C=O) groups excluding carboxylic acids is 2. The van der Waals surface area contributed by atoms with Crippen LogP contribution in [0.3, 0.4) is 0 Å². The third-order valence-electron chi connectivity index (χ3n) is 5.55. The van der Waals surface area contributed by atoms with E-state index in [1.54, 1.807) is 24.7 Å². The first-order valence-electron chi connectivity index (χ1n) is 10.3. The molecule has 1 aliphatic carbocycles. The molecule has 1 N–H and O–H groups in total. The minimum Gasteiger partial charge on any atom is -0.464 e. The van der Waals surface area contributed by atoms with Crippen molar-refractivity contribution in [2.24, 2.45) is 7.05 Å². The Balaban J connectivity index is 2.01. The zero-order chi connectivity index (χ0) is 21.2. The molecule has 1 fully saturated rings. The van der Waals surface area contributed by atoms with E-state index in [1.165, 1.54) is 0 Å². The summed E-state index contributed by atoms with van der Waals surface area (Å²) in [4.78, 5) is 30.7. The van der Waals surface area contributed by atoms with Gasteiger partial charge < -0.3 is 14.8 Å². The van der Waals surface area contributed by atoms with Crippen LogP contribution in [0.2, 0.25) is 0 Å². The zero-order valence-electron chi connectivity index (χ0n) is 17.9. The monoisotopic (exact) mass is 402 g/mol. The first-order valence-corrected chi connectivity index (χ1v) is 10.3. The Morgan fingerprint density at radius 1 is 1.24 bits per heavy atom. The molecule has 1 amide bonds. The molecular formula is C21H30N4O4. The van der Waals surface area contributed by atoms with Gasteiger partial charge in [-0.05, 0) is 46.6 Å². The van der Waals surface area contributed by atoms with E-state index in [0.29, 0.717) is 47.4 Å². The number of esters is 1. The highest BCUT2D eigenvalue weighted by atomic mass is 16.5. The van der Waals surface area contributed by atoms with Crippen LogP contribution in [0, 0.1) is 13.8 Å². The minimum atomic E-state index is -0.863. The SMILES string of the molecule is CCOC(=O)[C@@H](NC(=O)c1cc(C)nc2c1c(C)nn2C)C1(OCC)CCCC1. The van der Waals surface area contributed by atoms with Crippen molar-refractivity contribution in [3.63, 3.8) is 0 Å².